The molecule has 4 aromatic rings. The van der Waals surface area contributed by atoms with E-state index in [0.29, 0.717) is 40.9 Å². The van der Waals surface area contributed by atoms with Crippen LogP contribution in [0.4, 0.5) is 5.82 Å². The molecule has 41 heavy (non-hydrogen) atoms. The summed E-state index contributed by atoms with van der Waals surface area (Å²) in [6.07, 6.45) is 4.05. The monoisotopic (exact) mass is 587 g/mol. The number of phenols is 1. The zero-order chi connectivity index (χ0) is 29.2. The first-order valence-corrected chi connectivity index (χ1v) is 14.7. The number of aromatic nitrogens is 2. The Morgan fingerprint density at radius 1 is 1.27 bits per heavy atom. The lowest BCUT2D eigenvalue weighted by atomic mass is 9.60. The van der Waals surface area contributed by atoms with E-state index in [1.165, 1.54) is 4.90 Å². The second kappa shape index (κ2) is 9.89. The molecule has 2 aromatic carbocycles. The number of carbonyl (C=O) groups excluding carboxylic acids is 2. The molecule has 1 fully saturated rings. The Kier molecular flexibility index (Phi) is 6.58. The number of rotatable bonds is 6. The Morgan fingerprint density at radius 3 is 2.78 bits per heavy atom. The SMILES string of the molecule is C=CC1=CC[C@H]2C(=O)N(c3cc(-c4sc5ccc(Cl)cc5c4C)nn3C)C(=O)[C@@]2(C)[C@H]1c1cccc(OCC)c1O. The minimum atomic E-state index is -1.16. The van der Waals surface area contributed by atoms with Crippen molar-refractivity contribution >= 4 is 50.7 Å². The molecule has 1 aliphatic heterocycles. The lowest BCUT2D eigenvalue weighted by molar-refractivity contribution is -0.127. The Balaban J connectivity index is 1.45. The van der Waals surface area contributed by atoms with Gasteiger partial charge in [-0.2, -0.15) is 5.10 Å². The molecule has 1 N–H and O–H groups in total. The number of hydrogen-bond donors (Lipinski definition) is 1. The highest BCUT2D eigenvalue weighted by molar-refractivity contribution is 7.22. The van der Waals surface area contributed by atoms with Crippen LogP contribution in [0.5, 0.6) is 11.5 Å². The van der Waals surface area contributed by atoms with Gasteiger partial charge >= 0.3 is 0 Å². The molecular weight excluding hydrogens is 558 g/mol. The maximum Gasteiger partial charge on any atom is 0.242 e. The van der Waals surface area contributed by atoms with Gasteiger partial charge in [0, 0.05) is 34.3 Å². The van der Waals surface area contributed by atoms with Crippen LogP contribution in [0.3, 0.4) is 0 Å². The molecule has 2 amide bonds. The normalized spacial score (nSPS) is 22.3. The molecule has 0 saturated carbocycles. The summed E-state index contributed by atoms with van der Waals surface area (Å²) in [5.41, 5.74) is 1.89. The molecule has 0 unspecified atom stereocenters. The largest absolute Gasteiger partial charge is 0.504 e. The number of hydrogen-bond acceptors (Lipinski definition) is 6. The van der Waals surface area contributed by atoms with E-state index in [2.05, 4.69) is 6.58 Å². The number of phenolic OH excluding ortho intramolecular Hbond substituents is 1. The minimum absolute atomic E-state index is 0.0316. The molecule has 0 radical (unpaired) electrons. The van der Waals surface area contributed by atoms with Gasteiger partial charge < -0.3 is 9.84 Å². The van der Waals surface area contributed by atoms with Crippen molar-refractivity contribution in [2.75, 3.05) is 11.5 Å². The molecule has 0 spiro atoms. The molecule has 3 heterocycles. The van der Waals surface area contributed by atoms with Crippen LogP contribution in [-0.4, -0.2) is 33.3 Å². The van der Waals surface area contributed by atoms with E-state index >= 15 is 0 Å². The van der Waals surface area contributed by atoms with Crippen LogP contribution in [0.15, 0.2) is 66.8 Å². The van der Waals surface area contributed by atoms with Crippen molar-refractivity contribution in [1.82, 2.24) is 9.78 Å². The number of fused-ring (bicyclic) bond motifs is 2. The smallest absolute Gasteiger partial charge is 0.242 e. The standard InChI is InChI=1S/C32H30ClN3O4S/c1-6-18-11-13-22-30(38)36(31(39)32(22,4)27(18)20-9-8-10-24(28(20)37)40-7-2)26-16-23(34-35(26)5)29-17(3)21-15-19(33)12-14-25(21)41-29/h6,8-12,14-16,22,27,37H,1,7,13H2,2-5H3/t22-,27+,32+/m0/s1. The van der Waals surface area contributed by atoms with Gasteiger partial charge in [-0.25, -0.2) is 4.90 Å². The molecule has 210 valence electrons. The van der Waals surface area contributed by atoms with Gasteiger partial charge in [-0.15, -0.1) is 11.3 Å². The van der Waals surface area contributed by atoms with Crippen LogP contribution in [0.25, 0.3) is 20.7 Å². The zero-order valence-electron chi connectivity index (χ0n) is 23.3. The number of para-hydroxylation sites is 1. The van der Waals surface area contributed by atoms with Gasteiger partial charge in [-0.1, -0.05) is 42.5 Å². The number of halogens is 1. The quantitative estimate of drug-likeness (QED) is 0.242. The number of amides is 2. The maximum atomic E-state index is 14.5. The van der Waals surface area contributed by atoms with E-state index in [4.69, 9.17) is 21.4 Å². The average Bonchev–Trinajstić information content (AvgIpc) is 3.54. The fraction of sp³-hybridized carbons (Fsp3) is 0.281. The Labute approximate surface area is 247 Å². The van der Waals surface area contributed by atoms with Gasteiger partial charge in [-0.05, 0) is 68.0 Å². The molecule has 0 bridgehead atoms. The van der Waals surface area contributed by atoms with Crippen LogP contribution >= 0.6 is 22.9 Å². The first-order chi connectivity index (χ1) is 19.6. The molecule has 1 saturated heterocycles. The van der Waals surface area contributed by atoms with Crippen LogP contribution in [0.2, 0.25) is 5.02 Å². The van der Waals surface area contributed by atoms with E-state index in [-0.39, 0.29) is 17.6 Å². The summed E-state index contributed by atoms with van der Waals surface area (Å²) in [4.78, 5) is 30.7. The maximum absolute atomic E-state index is 14.5. The van der Waals surface area contributed by atoms with E-state index in [1.54, 1.807) is 53.4 Å². The van der Waals surface area contributed by atoms with E-state index in [1.807, 2.05) is 45.0 Å². The van der Waals surface area contributed by atoms with Gasteiger partial charge in [0.25, 0.3) is 0 Å². The van der Waals surface area contributed by atoms with Crippen molar-refractivity contribution < 1.29 is 19.4 Å². The summed E-state index contributed by atoms with van der Waals surface area (Å²) in [6, 6.07) is 12.9. The molecular formula is C32H30ClN3O4S. The second-order valence-electron chi connectivity index (χ2n) is 10.7. The van der Waals surface area contributed by atoms with Crippen molar-refractivity contribution in [3.63, 3.8) is 0 Å². The number of allylic oxidation sites excluding steroid dienone is 3. The molecule has 3 atom stereocenters. The fourth-order valence-electron chi connectivity index (χ4n) is 6.47. The van der Waals surface area contributed by atoms with E-state index in [0.717, 1.165) is 26.1 Å². The first-order valence-electron chi connectivity index (χ1n) is 13.5. The number of aromatic hydroxyl groups is 1. The number of imide groups is 1. The number of benzene rings is 2. The van der Waals surface area contributed by atoms with E-state index in [9.17, 15) is 14.7 Å². The summed E-state index contributed by atoms with van der Waals surface area (Å²) in [5, 5.41) is 17.7. The van der Waals surface area contributed by atoms with Crippen molar-refractivity contribution in [2.45, 2.75) is 33.1 Å². The summed E-state index contributed by atoms with van der Waals surface area (Å²) >= 11 is 7.84. The second-order valence-corrected chi connectivity index (χ2v) is 12.2. The Bertz CT molecular complexity index is 1790. The summed E-state index contributed by atoms with van der Waals surface area (Å²) in [7, 11) is 1.74. The molecule has 1 aliphatic carbocycles. The number of anilines is 1. The lowest BCUT2D eigenvalue weighted by Crippen LogP contribution is -2.42. The Hall–Kier alpha value is -3.88. The third-order valence-corrected chi connectivity index (χ3v) is 10.1. The molecule has 2 aliphatic rings. The van der Waals surface area contributed by atoms with Crippen molar-refractivity contribution in [2.24, 2.45) is 18.4 Å². The molecule has 2 aromatic heterocycles. The van der Waals surface area contributed by atoms with Crippen LogP contribution in [-0.2, 0) is 16.6 Å². The van der Waals surface area contributed by atoms with Gasteiger partial charge in [-0.3, -0.25) is 14.3 Å². The predicted molar refractivity (Wildman–Crippen MR) is 163 cm³/mol. The van der Waals surface area contributed by atoms with Gasteiger partial charge in [0.15, 0.2) is 11.5 Å². The zero-order valence-corrected chi connectivity index (χ0v) is 24.8. The highest BCUT2D eigenvalue weighted by atomic mass is 35.5. The number of ether oxygens (including phenoxy) is 1. The van der Waals surface area contributed by atoms with Crippen molar-refractivity contribution in [1.29, 1.82) is 0 Å². The highest BCUT2D eigenvalue weighted by Gasteiger charge is 2.63. The topological polar surface area (TPSA) is 84.7 Å². The minimum Gasteiger partial charge on any atom is -0.504 e. The first kappa shape index (κ1) is 27.3. The summed E-state index contributed by atoms with van der Waals surface area (Å²) in [5.74, 6) is -1.11. The predicted octanol–water partition coefficient (Wildman–Crippen LogP) is 7.16. The number of nitrogens with zero attached hydrogens (tertiary/aromatic N) is 3. The fourth-order valence-corrected chi connectivity index (χ4v) is 7.79. The summed E-state index contributed by atoms with van der Waals surface area (Å²) < 4.78 is 8.32. The number of aryl methyl sites for hydroxylation is 2. The van der Waals surface area contributed by atoms with Crippen molar-refractivity contribution in [3.8, 4) is 22.1 Å². The third kappa shape index (κ3) is 3.95. The van der Waals surface area contributed by atoms with E-state index < -0.39 is 17.3 Å². The highest BCUT2D eigenvalue weighted by Crippen LogP contribution is 2.58. The van der Waals surface area contributed by atoms with Crippen molar-refractivity contribution in [3.05, 3.63) is 82.9 Å². The molecule has 7 nitrogen and oxygen atoms in total. The molecule has 6 rings (SSSR count). The Morgan fingerprint density at radius 2 is 2.05 bits per heavy atom. The van der Waals surface area contributed by atoms with Crippen LogP contribution < -0.4 is 9.64 Å². The van der Waals surface area contributed by atoms with Gasteiger partial charge in [0.2, 0.25) is 11.8 Å². The average molecular weight is 588 g/mol. The van der Waals surface area contributed by atoms with Crippen LogP contribution in [0.1, 0.15) is 37.3 Å². The van der Waals surface area contributed by atoms with Crippen LogP contribution in [0, 0.1) is 18.3 Å². The third-order valence-electron chi connectivity index (χ3n) is 8.52. The molecule has 9 heteroatoms. The number of thiophene rings is 1. The lowest BCUT2D eigenvalue weighted by Gasteiger charge is -2.40. The van der Waals surface area contributed by atoms with Gasteiger partial charge in [0.1, 0.15) is 11.5 Å². The summed E-state index contributed by atoms with van der Waals surface area (Å²) in [6.45, 7) is 10.1. The van der Waals surface area contributed by atoms with Gasteiger partial charge in [0.05, 0.1) is 22.8 Å². The number of carbonyl (C=O) groups is 2.